The molecule has 9 heteroatoms. The number of sulfonamides is 1. The summed E-state index contributed by atoms with van der Waals surface area (Å²) in [6.07, 6.45) is 1.81. The molecule has 1 N–H and O–H groups in total. The molecule has 0 aliphatic rings. The first-order valence-electron chi connectivity index (χ1n) is 10.4. The average molecular weight is 480 g/mol. The molecule has 0 aromatic heterocycles. The molecule has 0 saturated heterocycles. The van der Waals surface area contributed by atoms with E-state index in [1.165, 1.54) is 4.90 Å². The summed E-state index contributed by atoms with van der Waals surface area (Å²) in [7, 11) is -3.75. The zero-order chi connectivity index (χ0) is 23.9. The summed E-state index contributed by atoms with van der Waals surface area (Å²) in [5.74, 6) is -0.815. The van der Waals surface area contributed by atoms with Gasteiger partial charge in [0.1, 0.15) is 12.6 Å². The van der Waals surface area contributed by atoms with Crippen LogP contribution in [0.1, 0.15) is 31.4 Å². The lowest BCUT2D eigenvalue weighted by atomic mass is 10.1. The summed E-state index contributed by atoms with van der Waals surface area (Å²) in [4.78, 5) is 27.4. The van der Waals surface area contributed by atoms with Crippen LogP contribution in [0.25, 0.3) is 0 Å². The van der Waals surface area contributed by atoms with Crippen molar-refractivity contribution < 1.29 is 18.0 Å². The molecule has 174 valence electrons. The van der Waals surface area contributed by atoms with Crippen LogP contribution in [0.5, 0.6) is 0 Å². The molecule has 2 aromatic carbocycles. The highest BCUT2D eigenvalue weighted by Gasteiger charge is 2.30. The maximum Gasteiger partial charge on any atom is 0.244 e. The molecule has 2 aromatic rings. The average Bonchev–Trinajstić information content (AvgIpc) is 2.73. The molecule has 2 rings (SSSR count). The van der Waals surface area contributed by atoms with Crippen LogP contribution in [0.3, 0.4) is 0 Å². The van der Waals surface area contributed by atoms with E-state index in [-0.39, 0.29) is 12.5 Å². The Labute approximate surface area is 195 Å². The summed E-state index contributed by atoms with van der Waals surface area (Å²) in [5, 5.41) is 3.26. The molecule has 1 atom stereocenters. The lowest BCUT2D eigenvalue weighted by molar-refractivity contribution is -0.139. The molecular weight excluding hydrogens is 450 g/mol. The fraction of sp³-hybridized carbons (Fsp3) is 0.391. The fourth-order valence-corrected chi connectivity index (χ4v) is 4.22. The van der Waals surface area contributed by atoms with Gasteiger partial charge in [-0.1, -0.05) is 48.9 Å². The van der Waals surface area contributed by atoms with Crippen LogP contribution in [0.15, 0.2) is 48.5 Å². The fourth-order valence-electron chi connectivity index (χ4n) is 3.19. The van der Waals surface area contributed by atoms with Gasteiger partial charge in [-0.05, 0) is 49.6 Å². The first kappa shape index (κ1) is 25.7. The summed E-state index contributed by atoms with van der Waals surface area (Å²) in [6, 6.07) is 13.1. The van der Waals surface area contributed by atoms with Crippen molar-refractivity contribution in [2.75, 3.05) is 23.7 Å². The number of anilines is 1. The molecule has 7 nitrogen and oxygen atoms in total. The normalized spacial score (nSPS) is 12.2. The minimum Gasteiger partial charge on any atom is -0.354 e. The maximum absolute atomic E-state index is 13.4. The topological polar surface area (TPSA) is 86.8 Å². The zero-order valence-electron chi connectivity index (χ0n) is 18.8. The van der Waals surface area contributed by atoms with Gasteiger partial charge in [0.05, 0.1) is 11.9 Å². The molecule has 0 fully saturated rings. The standard InChI is InChI=1S/C23H30ClN3O4S/c1-5-13-25-23(29)18(3)26(15-19-10-6-7-12-21(19)24)22(28)16-27(32(4,30)31)20-11-8-9-17(2)14-20/h6-12,14,18H,5,13,15-16H2,1-4H3,(H,25,29)/t18-/m0/s1. The van der Waals surface area contributed by atoms with Gasteiger partial charge in [-0.15, -0.1) is 0 Å². The Morgan fingerprint density at radius 1 is 1.12 bits per heavy atom. The van der Waals surface area contributed by atoms with Gasteiger partial charge in [-0.25, -0.2) is 8.42 Å². The molecule has 0 bridgehead atoms. The predicted molar refractivity (Wildman–Crippen MR) is 128 cm³/mol. The van der Waals surface area contributed by atoms with Crippen LogP contribution >= 0.6 is 11.6 Å². The largest absolute Gasteiger partial charge is 0.354 e. The summed E-state index contributed by atoms with van der Waals surface area (Å²) in [5.41, 5.74) is 1.92. The predicted octanol–water partition coefficient (Wildman–Crippen LogP) is 3.36. The molecule has 0 spiro atoms. The monoisotopic (exact) mass is 479 g/mol. The number of carbonyl (C=O) groups excluding carboxylic acids is 2. The first-order chi connectivity index (χ1) is 15.0. The highest BCUT2D eigenvalue weighted by Crippen LogP contribution is 2.22. The summed E-state index contributed by atoms with van der Waals surface area (Å²) in [6.45, 7) is 5.52. The van der Waals surface area contributed by atoms with Gasteiger partial charge >= 0.3 is 0 Å². The number of amides is 2. The van der Waals surface area contributed by atoms with Crippen molar-refractivity contribution in [1.82, 2.24) is 10.2 Å². The number of benzene rings is 2. The SMILES string of the molecule is CCCNC(=O)[C@H](C)N(Cc1ccccc1Cl)C(=O)CN(c1cccc(C)c1)S(C)(=O)=O. The van der Waals surface area contributed by atoms with Crippen LogP contribution in [0.4, 0.5) is 5.69 Å². The van der Waals surface area contributed by atoms with Crippen molar-refractivity contribution in [2.45, 2.75) is 39.8 Å². The molecule has 0 aliphatic carbocycles. The van der Waals surface area contributed by atoms with Crippen molar-refractivity contribution in [3.05, 3.63) is 64.7 Å². The summed E-state index contributed by atoms with van der Waals surface area (Å²) < 4.78 is 26.1. The highest BCUT2D eigenvalue weighted by atomic mass is 35.5. The second-order valence-corrected chi connectivity index (χ2v) is 10.0. The van der Waals surface area contributed by atoms with Crippen LogP contribution in [0, 0.1) is 6.92 Å². The minimum atomic E-state index is -3.75. The van der Waals surface area contributed by atoms with Crippen LogP contribution in [-0.4, -0.2) is 50.5 Å². The van der Waals surface area contributed by atoms with Gasteiger partial charge in [-0.2, -0.15) is 0 Å². The van der Waals surface area contributed by atoms with E-state index in [4.69, 9.17) is 11.6 Å². The number of hydrogen-bond acceptors (Lipinski definition) is 4. The lowest BCUT2D eigenvalue weighted by Crippen LogP contribution is -2.51. The van der Waals surface area contributed by atoms with E-state index in [0.29, 0.717) is 22.8 Å². The number of rotatable bonds is 10. The Morgan fingerprint density at radius 3 is 2.41 bits per heavy atom. The second-order valence-electron chi connectivity index (χ2n) is 7.69. The molecule has 2 amide bonds. The number of nitrogens with one attached hydrogen (secondary N) is 1. The van der Waals surface area contributed by atoms with Gasteiger partial charge in [0.15, 0.2) is 0 Å². The van der Waals surface area contributed by atoms with E-state index >= 15 is 0 Å². The number of halogens is 1. The van der Waals surface area contributed by atoms with E-state index in [1.54, 1.807) is 49.4 Å². The Morgan fingerprint density at radius 2 is 1.81 bits per heavy atom. The van der Waals surface area contributed by atoms with Crippen molar-refractivity contribution in [3.8, 4) is 0 Å². The molecule has 0 unspecified atom stereocenters. The molecule has 0 saturated carbocycles. The van der Waals surface area contributed by atoms with Crippen molar-refractivity contribution in [2.24, 2.45) is 0 Å². The third-order valence-corrected chi connectivity index (χ3v) is 6.49. The lowest BCUT2D eigenvalue weighted by Gasteiger charge is -2.31. The summed E-state index contributed by atoms with van der Waals surface area (Å²) >= 11 is 6.29. The quantitative estimate of drug-likeness (QED) is 0.566. The van der Waals surface area contributed by atoms with Gasteiger partial charge in [0.25, 0.3) is 0 Å². The molecule has 0 radical (unpaired) electrons. The molecule has 0 heterocycles. The molecule has 32 heavy (non-hydrogen) atoms. The van der Waals surface area contributed by atoms with Crippen LogP contribution in [-0.2, 0) is 26.2 Å². The smallest absolute Gasteiger partial charge is 0.244 e. The Balaban J connectivity index is 2.38. The van der Waals surface area contributed by atoms with E-state index in [1.807, 2.05) is 19.9 Å². The van der Waals surface area contributed by atoms with Gasteiger partial charge in [0, 0.05) is 18.1 Å². The Hall–Kier alpha value is -2.58. The minimum absolute atomic E-state index is 0.0740. The molecule has 0 aliphatic heterocycles. The van der Waals surface area contributed by atoms with Crippen molar-refractivity contribution in [3.63, 3.8) is 0 Å². The van der Waals surface area contributed by atoms with Gasteiger partial charge in [0.2, 0.25) is 21.8 Å². The van der Waals surface area contributed by atoms with E-state index in [0.717, 1.165) is 22.5 Å². The van der Waals surface area contributed by atoms with Crippen molar-refractivity contribution >= 4 is 39.1 Å². The van der Waals surface area contributed by atoms with Crippen molar-refractivity contribution in [1.29, 1.82) is 0 Å². The Kier molecular flexibility index (Phi) is 9.09. The van der Waals surface area contributed by atoms with E-state index in [2.05, 4.69) is 5.32 Å². The molecular formula is C23H30ClN3O4S. The highest BCUT2D eigenvalue weighted by molar-refractivity contribution is 7.92. The third-order valence-electron chi connectivity index (χ3n) is 4.98. The number of aryl methyl sites for hydroxylation is 1. The number of nitrogens with zero attached hydrogens (tertiary/aromatic N) is 2. The van der Waals surface area contributed by atoms with Crippen LogP contribution in [0.2, 0.25) is 5.02 Å². The second kappa shape index (κ2) is 11.3. The first-order valence-corrected chi connectivity index (χ1v) is 12.6. The van der Waals surface area contributed by atoms with Gasteiger partial charge in [-0.3, -0.25) is 13.9 Å². The Bertz CT molecular complexity index is 1060. The van der Waals surface area contributed by atoms with Gasteiger partial charge < -0.3 is 10.2 Å². The van der Waals surface area contributed by atoms with Crippen LogP contribution < -0.4 is 9.62 Å². The number of hydrogen-bond donors (Lipinski definition) is 1. The zero-order valence-corrected chi connectivity index (χ0v) is 20.4. The van der Waals surface area contributed by atoms with E-state index < -0.39 is 28.5 Å². The maximum atomic E-state index is 13.4. The number of carbonyl (C=O) groups is 2. The third kappa shape index (κ3) is 6.97. The van der Waals surface area contributed by atoms with E-state index in [9.17, 15) is 18.0 Å².